The van der Waals surface area contributed by atoms with Gasteiger partial charge in [0.2, 0.25) is 6.23 Å². The summed E-state index contributed by atoms with van der Waals surface area (Å²) in [5.41, 5.74) is 3.73. The molecule has 0 unspecified atom stereocenters. The van der Waals surface area contributed by atoms with Crippen molar-refractivity contribution in [3.63, 3.8) is 0 Å². The summed E-state index contributed by atoms with van der Waals surface area (Å²) in [7, 11) is 0. The summed E-state index contributed by atoms with van der Waals surface area (Å²) in [6.07, 6.45) is 0.151. The van der Waals surface area contributed by atoms with Crippen LogP contribution in [0.1, 0.15) is 42.3 Å². The van der Waals surface area contributed by atoms with Crippen LogP contribution in [0, 0.1) is 10.1 Å². The minimum absolute atomic E-state index is 0.0293. The maximum absolute atomic E-state index is 11.3. The fourth-order valence-electron chi connectivity index (χ4n) is 4.14. The zero-order valence-electron chi connectivity index (χ0n) is 17.0. The molecule has 3 aromatic rings. The Morgan fingerprint density at radius 1 is 1.13 bits per heavy atom. The van der Waals surface area contributed by atoms with Crippen molar-refractivity contribution in [2.24, 2.45) is 5.10 Å². The molecule has 156 valence electrons. The van der Waals surface area contributed by atoms with Crippen LogP contribution >= 0.6 is 0 Å². The van der Waals surface area contributed by atoms with Crippen LogP contribution in [0.3, 0.4) is 0 Å². The molecular formula is C24H21N3O4. The number of nitrogens with zero attached hydrogens (tertiary/aromatic N) is 3. The summed E-state index contributed by atoms with van der Waals surface area (Å²) in [6, 6.07) is 22.3. The Hall–Kier alpha value is -3.87. The number of fused-ring (bicyclic) bond motifs is 3. The molecule has 0 N–H and O–H groups in total. The van der Waals surface area contributed by atoms with E-state index in [4.69, 9.17) is 14.6 Å². The van der Waals surface area contributed by atoms with Gasteiger partial charge in [-0.3, -0.25) is 10.1 Å². The van der Waals surface area contributed by atoms with Crippen molar-refractivity contribution in [3.8, 4) is 11.5 Å². The minimum Gasteiger partial charge on any atom is -0.494 e. The number of hydrogen-bond donors (Lipinski definition) is 0. The van der Waals surface area contributed by atoms with Crippen molar-refractivity contribution in [1.82, 2.24) is 5.01 Å². The van der Waals surface area contributed by atoms with E-state index < -0.39 is 11.2 Å². The predicted molar refractivity (Wildman–Crippen MR) is 116 cm³/mol. The Balaban J connectivity index is 1.60. The molecule has 0 saturated carbocycles. The number of non-ortho nitro benzene ring substituents is 1. The van der Waals surface area contributed by atoms with Crippen molar-refractivity contribution in [2.45, 2.75) is 25.6 Å². The first-order valence-corrected chi connectivity index (χ1v) is 10.2. The third-order valence-electron chi connectivity index (χ3n) is 5.55. The highest BCUT2D eigenvalue weighted by Crippen LogP contribution is 2.48. The van der Waals surface area contributed by atoms with E-state index in [0.29, 0.717) is 18.6 Å². The van der Waals surface area contributed by atoms with Crippen LogP contribution in [-0.4, -0.2) is 22.3 Å². The molecule has 0 radical (unpaired) electrons. The molecular weight excluding hydrogens is 394 g/mol. The topological polar surface area (TPSA) is 77.2 Å². The van der Waals surface area contributed by atoms with Gasteiger partial charge < -0.3 is 9.47 Å². The Morgan fingerprint density at radius 2 is 1.97 bits per heavy atom. The van der Waals surface area contributed by atoms with E-state index in [-0.39, 0.29) is 11.7 Å². The molecule has 0 saturated heterocycles. The highest BCUT2D eigenvalue weighted by molar-refractivity contribution is 6.01. The van der Waals surface area contributed by atoms with Crippen molar-refractivity contribution in [3.05, 3.63) is 99.6 Å². The Labute approximate surface area is 179 Å². The van der Waals surface area contributed by atoms with E-state index in [1.54, 1.807) is 12.1 Å². The monoisotopic (exact) mass is 415 g/mol. The molecule has 7 heteroatoms. The standard InChI is InChI=1S/C24H21N3O4/c1-2-30-19-11-12-23-20(14-19)22-15-21(16-7-4-3-5-8-16)25-26(22)24(31-23)17-9-6-10-18(13-17)27(28)29/h3-14,22,24H,2,15H2,1H3/t22-,24+/m1/s1. The van der Waals surface area contributed by atoms with Gasteiger partial charge in [0, 0.05) is 29.7 Å². The quantitative estimate of drug-likeness (QED) is 0.421. The third kappa shape index (κ3) is 3.48. The maximum Gasteiger partial charge on any atom is 0.269 e. The summed E-state index contributed by atoms with van der Waals surface area (Å²) in [5.74, 6) is 1.53. The lowest BCUT2D eigenvalue weighted by molar-refractivity contribution is -0.385. The largest absolute Gasteiger partial charge is 0.494 e. The Morgan fingerprint density at radius 3 is 2.74 bits per heavy atom. The lowest BCUT2D eigenvalue weighted by Gasteiger charge is -2.38. The van der Waals surface area contributed by atoms with Gasteiger partial charge in [-0.05, 0) is 30.7 Å². The van der Waals surface area contributed by atoms with Crippen molar-refractivity contribution in [1.29, 1.82) is 0 Å². The summed E-state index contributed by atoms with van der Waals surface area (Å²) < 4.78 is 12.0. The number of hydrogen-bond acceptors (Lipinski definition) is 6. The molecule has 7 nitrogen and oxygen atoms in total. The van der Waals surface area contributed by atoms with Crippen LogP contribution in [0.25, 0.3) is 0 Å². The molecule has 0 aromatic heterocycles. The van der Waals surface area contributed by atoms with Crippen molar-refractivity contribution >= 4 is 11.4 Å². The number of nitro benzene ring substituents is 1. The normalized spacial score (nSPS) is 19.1. The van der Waals surface area contributed by atoms with Gasteiger partial charge in [0.1, 0.15) is 11.5 Å². The van der Waals surface area contributed by atoms with Gasteiger partial charge in [-0.25, -0.2) is 5.01 Å². The number of benzene rings is 3. The maximum atomic E-state index is 11.3. The molecule has 0 fully saturated rings. The fraction of sp³-hybridized carbons (Fsp3) is 0.208. The highest BCUT2D eigenvalue weighted by atomic mass is 16.6. The molecule has 2 aliphatic rings. The van der Waals surface area contributed by atoms with Crippen LogP contribution in [0.4, 0.5) is 5.69 Å². The predicted octanol–water partition coefficient (Wildman–Crippen LogP) is 5.24. The van der Waals surface area contributed by atoms with Crippen LogP contribution in [0.15, 0.2) is 77.9 Å². The smallest absolute Gasteiger partial charge is 0.269 e. The summed E-state index contributed by atoms with van der Waals surface area (Å²) in [6.45, 7) is 2.53. The molecule has 5 rings (SSSR count). The van der Waals surface area contributed by atoms with E-state index >= 15 is 0 Å². The molecule has 2 heterocycles. The number of nitro groups is 1. The molecule has 0 spiro atoms. The fourth-order valence-corrected chi connectivity index (χ4v) is 4.14. The molecule has 0 aliphatic carbocycles. The van der Waals surface area contributed by atoms with Gasteiger partial charge in [-0.15, -0.1) is 0 Å². The molecule has 2 aliphatic heterocycles. The zero-order valence-corrected chi connectivity index (χ0v) is 17.0. The van der Waals surface area contributed by atoms with E-state index in [2.05, 4.69) is 0 Å². The Bertz CT molecular complexity index is 1160. The SMILES string of the molecule is CCOc1ccc2c(c1)[C@H]1CC(c3ccccc3)=NN1[C@H](c1cccc([N+](=O)[O-])c1)O2. The molecule has 3 aromatic carbocycles. The highest BCUT2D eigenvalue weighted by Gasteiger charge is 2.41. The summed E-state index contributed by atoms with van der Waals surface area (Å²) in [5, 5.41) is 18.1. The van der Waals surface area contributed by atoms with Crippen LogP contribution in [0.5, 0.6) is 11.5 Å². The van der Waals surface area contributed by atoms with Crippen molar-refractivity contribution < 1.29 is 14.4 Å². The molecule has 31 heavy (non-hydrogen) atoms. The van der Waals surface area contributed by atoms with Crippen molar-refractivity contribution in [2.75, 3.05) is 6.61 Å². The van der Waals surface area contributed by atoms with Gasteiger partial charge in [0.05, 0.1) is 23.3 Å². The van der Waals surface area contributed by atoms with Gasteiger partial charge in [-0.1, -0.05) is 42.5 Å². The Kier molecular flexibility index (Phi) is 4.78. The first kappa shape index (κ1) is 19.1. The average molecular weight is 415 g/mol. The second kappa shape index (κ2) is 7.75. The van der Waals surface area contributed by atoms with Crippen LogP contribution < -0.4 is 9.47 Å². The van der Waals surface area contributed by atoms with Gasteiger partial charge in [0.15, 0.2) is 0 Å². The molecule has 2 atom stereocenters. The van der Waals surface area contributed by atoms with Crippen LogP contribution in [-0.2, 0) is 0 Å². The van der Waals surface area contributed by atoms with E-state index in [1.807, 2.05) is 66.5 Å². The molecule has 0 amide bonds. The van der Waals surface area contributed by atoms with Gasteiger partial charge in [-0.2, -0.15) is 5.10 Å². The second-order valence-electron chi connectivity index (χ2n) is 7.47. The van der Waals surface area contributed by atoms with Crippen LogP contribution in [0.2, 0.25) is 0 Å². The number of hydrazone groups is 1. The zero-order chi connectivity index (χ0) is 21.4. The number of ether oxygens (including phenoxy) is 2. The first-order valence-electron chi connectivity index (χ1n) is 10.2. The lowest BCUT2D eigenvalue weighted by atomic mass is 9.95. The lowest BCUT2D eigenvalue weighted by Crippen LogP contribution is -2.33. The first-order chi connectivity index (χ1) is 15.1. The minimum atomic E-state index is -0.559. The van der Waals surface area contributed by atoms with E-state index in [1.165, 1.54) is 6.07 Å². The van der Waals surface area contributed by atoms with Gasteiger partial charge in [0.25, 0.3) is 5.69 Å². The average Bonchev–Trinajstić information content (AvgIpc) is 3.25. The van der Waals surface area contributed by atoms with Gasteiger partial charge >= 0.3 is 0 Å². The van der Waals surface area contributed by atoms with E-state index in [0.717, 1.165) is 28.3 Å². The number of rotatable bonds is 5. The van der Waals surface area contributed by atoms with E-state index in [9.17, 15) is 10.1 Å². The summed E-state index contributed by atoms with van der Waals surface area (Å²) in [4.78, 5) is 10.9. The summed E-state index contributed by atoms with van der Waals surface area (Å²) >= 11 is 0. The second-order valence-corrected chi connectivity index (χ2v) is 7.47. The molecule has 0 bridgehead atoms. The third-order valence-corrected chi connectivity index (χ3v) is 5.55.